The first-order valence-corrected chi connectivity index (χ1v) is 8.88. The molecule has 3 N–H and O–H groups in total. The molecule has 1 atom stereocenters. The van der Waals surface area contributed by atoms with Crippen LogP contribution in [0.25, 0.3) is 0 Å². The van der Waals surface area contributed by atoms with E-state index < -0.39 is 0 Å². The van der Waals surface area contributed by atoms with Gasteiger partial charge in [-0.05, 0) is 49.2 Å². The molecule has 0 spiro atoms. The third-order valence-corrected chi connectivity index (χ3v) is 4.97. The lowest BCUT2D eigenvalue weighted by molar-refractivity contribution is 0.0996. The molecular formula is C16H16BrN3O2S. The predicted octanol–water partition coefficient (Wildman–Crippen LogP) is 3.96. The molecule has 0 aliphatic carbocycles. The number of thioether (sulfide) groups is 1. The third kappa shape index (κ3) is 3.61. The molecule has 0 bridgehead atoms. The molecule has 1 aromatic carbocycles. The number of halogens is 1. The van der Waals surface area contributed by atoms with Crippen LogP contribution in [0, 0.1) is 0 Å². The van der Waals surface area contributed by atoms with Crippen molar-refractivity contribution in [1.29, 1.82) is 0 Å². The number of amides is 1. The lowest BCUT2D eigenvalue weighted by Gasteiger charge is -2.30. The van der Waals surface area contributed by atoms with E-state index >= 15 is 0 Å². The molecule has 0 fully saturated rings. The van der Waals surface area contributed by atoms with Crippen molar-refractivity contribution >= 4 is 44.5 Å². The number of carbonyl (C=O) groups is 1. The fraction of sp³-hybridized carbons (Fsp3) is 0.250. The molecule has 1 unspecified atom stereocenters. The molecule has 0 radical (unpaired) electrons. The van der Waals surface area contributed by atoms with Gasteiger partial charge in [-0.3, -0.25) is 9.79 Å². The van der Waals surface area contributed by atoms with Gasteiger partial charge < -0.3 is 15.5 Å². The number of furan rings is 1. The molecule has 0 saturated carbocycles. The number of nitrogens with zero attached hydrogens (tertiary/aromatic N) is 1. The molecule has 1 aromatic heterocycles. The second-order valence-corrected chi connectivity index (χ2v) is 7.51. The number of rotatable bonds is 3. The normalized spacial score (nSPS) is 20.9. The summed E-state index contributed by atoms with van der Waals surface area (Å²) in [7, 11) is 0. The Kier molecular flexibility index (Phi) is 4.50. The quantitative estimate of drug-likeness (QED) is 0.826. The highest BCUT2D eigenvalue weighted by atomic mass is 79.9. The molecule has 23 heavy (non-hydrogen) atoms. The number of nitrogens with two attached hydrogens (primary N) is 1. The molecule has 3 rings (SSSR count). The molecular weight excluding hydrogens is 378 g/mol. The molecule has 1 aliphatic rings. The smallest absolute Gasteiger partial charge is 0.291 e. The SMILES string of the molecule is CC1(c2cc(Br)cc(NC(=O)c3ccco3)c2)CCSC(N)=N1. The Balaban J connectivity index is 1.90. The van der Waals surface area contributed by atoms with Crippen molar-refractivity contribution in [1.82, 2.24) is 0 Å². The number of carbonyl (C=O) groups excluding carboxylic acids is 1. The van der Waals surface area contributed by atoms with Gasteiger partial charge in [0.1, 0.15) is 0 Å². The van der Waals surface area contributed by atoms with Crippen LogP contribution in [0.1, 0.15) is 29.5 Å². The van der Waals surface area contributed by atoms with Crippen molar-refractivity contribution in [2.75, 3.05) is 11.1 Å². The van der Waals surface area contributed by atoms with Crippen molar-refractivity contribution in [3.8, 4) is 0 Å². The Morgan fingerprint density at radius 1 is 1.48 bits per heavy atom. The van der Waals surface area contributed by atoms with E-state index in [4.69, 9.17) is 10.2 Å². The Labute approximate surface area is 146 Å². The van der Waals surface area contributed by atoms with E-state index in [0.29, 0.717) is 10.9 Å². The maximum Gasteiger partial charge on any atom is 0.291 e. The Bertz CT molecular complexity index is 761. The summed E-state index contributed by atoms with van der Waals surface area (Å²) in [4.78, 5) is 16.7. The van der Waals surface area contributed by atoms with Crippen LogP contribution >= 0.6 is 27.7 Å². The van der Waals surface area contributed by atoms with Crippen LogP contribution in [0.3, 0.4) is 0 Å². The topological polar surface area (TPSA) is 80.6 Å². The summed E-state index contributed by atoms with van der Waals surface area (Å²) >= 11 is 5.06. The van der Waals surface area contributed by atoms with E-state index in [1.165, 1.54) is 6.26 Å². The summed E-state index contributed by atoms with van der Waals surface area (Å²) in [6.07, 6.45) is 2.36. The summed E-state index contributed by atoms with van der Waals surface area (Å²) < 4.78 is 5.99. The van der Waals surface area contributed by atoms with Crippen molar-refractivity contribution < 1.29 is 9.21 Å². The number of amidine groups is 1. The first-order chi connectivity index (χ1) is 11.0. The fourth-order valence-electron chi connectivity index (χ4n) is 2.47. The second kappa shape index (κ2) is 6.41. The van der Waals surface area contributed by atoms with E-state index in [9.17, 15) is 4.79 Å². The highest BCUT2D eigenvalue weighted by Gasteiger charge is 2.30. The summed E-state index contributed by atoms with van der Waals surface area (Å²) in [6.45, 7) is 2.06. The van der Waals surface area contributed by atoms with E-state index in [1.807, 2.05) is 18.2 Å². The number of benzene rings is 1. The van der Waals surface area contributed by atoms with Gasteiger partial charge in [-0.1, -0.05) is 27.7 Å². The molecule has 120 valence electrons. The molecule has 1 aliphatic heterocycles. The Morgan fingerprint density at radius 3 is 3.00 bits per heavy atom. The summed E-state index contributed by atoms with van der Waals surface area (Å²) in [5.41, 5.74) is 7.19. The minimum absolute atomic E-state index is 0.272. The zero-order valence-electron chi connectivity index (χ0n) is 12.5. The van der Waals surface area contributed by atoms with E-state index in [0.717, 1.165) is 22.2 Å². The molecule has 1 amide bonds. The maximum absolute atomic E-state index is 12.1. The van der Waals surface area contributed by atoms with Crippen molar-refractivity contribution in [2.24, 2.45) is 10.7 Å². The monoisotopic (exact) mass is 393 g/mol. The number of anilines is 1. The van der Waals surface area contributed by atoms with Gasteiger partial charge in [-0.2, -0.15) is 0 Å². The summed E-state index contributed by atoms with van der Waals surface area (Å²) in [5, 5.41) is 3.44. The molecule has 2 aromatic rings. The minimum atomic E-state index is -0.386. The third-order valence-electron chi connectivity index (χ3n) is 3.72. The zero-order chi connectivity index (χ0) is 16.4. The first kappa shape index (κ1) is 16.1. The van der Waals surface area contributed by atoms with Crippen molar-refractivity contribution in [2.45, 2.75) is 18.9 Å². The Morgan fingerprint density at radius 2 is 2.30 bits per heavy atom. The molecule has 7 heteroatoms. The van der Waals surface area contributed by atoms with Gasteiger partial charge in [0.2, 0.25) is 0 Å². The van der Waals surface area contributed by atoms with Gasteiger partial charge in [0.25, 0.3) is 5.91 Å². The predicted molar refractivity (Wildman–Crippen MR) is 96.9 cm³/mol. The molecule has 0 saturated heterocycles. The van der Waals surface area contributed by atoms with Crippen LogP contribution in [0.4, 0.5) is 5.69 Å². The van der Waals surface area contributed by atoms with Gasteiger partial charge in [0, 0.05) is 15.9 Å². The second-order valence-electron chi connectivity index (χ2n) is 5.48. The van der Waals surface area contributed by atoms with Gasteiger partial charge in [0.15, 0.2) is 10.9 Å². The Hall–Kier alpha value is -1.73. The van der Waals surface area contributed by atoms with Crippen LogP contribution in [0.5, 0.6) is 0 Å². The van der Waals surface area contributed by atoms with Crippen LogP contribution in [0.2, 0.25) is 0 Å². The average molecular weight is 394 g/mol. The van der Waals surface area contributed by atoms with Gasteiger partial charge in [-0.25, -0.2) is 0 Å². The number of hydrogen-bond donors (Lipinski definition) is 2. The number of hydrogen-bond acceptors (Lipinski definition) is 5. The number of nitrogens with one attached hydrogen (secondary N) is 1. The van der Waals surface area contributed by atoms with Gasteiger partial charge in [0.05, 0.1) is 11.8 Å². The highest BCUT2D eigenvalue weighted by molar-refractivity contribution is 9.10. The summed E-state index contributed by atoms with van der Waals surface area (Å²) in [5.74, 6) is 0.910. The van der Waals surface area contributed by atoms with Gasteiger partial charge >= 0.3 is 0 Å². The zero-order valence-corrected chi connectivity index (χ0v) is 14.9. The average Bonchev–Trinajstić information content (AvgIpc) is 3.00. The maximum atomic E-state index is 12.1. The largest absolute Gasteiger partial charge is 0.459 e. The van der Waals surface area contributed by atoms with E-state index in [2.05, 4.69) is 33.2 Å². The molecule has 2 heterocycles. The molecule has 5 nitrogen and oxygen atoms in total. The van der Waals surface area contributed by atoms with Gasteiger partial charge in [-0.15, -0.1) is 0 Å². The lowest BCUT2D eigenvalue weighted by Crippen LogP contribution is -2.29. The van der Waals surface area contributed by atoms with E-state index in [1.54, 1.807) is 23.9 Å². The standard InChI is InChI=1S/C16H16BrN3O2S/c1-16(4-6-23-15(18)20-16)10-7-11(17)9-12(8-10)19-14(21)13-3-2-5-22-13/h2-3,5,7-9H,4,6H2,1H3,(H2,18,20)(H,19,21). The highest BCUT2D eigenvalue weighted by Crippen LogP contribution is 2.37. The van der Waals surface area contributed by atoms with Crippen molar-refractivity contribution in [3.05, 3.63) is 52.4 Å². The fourth-order valence-corrected chi connectivity index (χ4v) is 3.94. The van der Waals surface area contributed by atoms with Crippen LogP contribution < -0.4 is 11.1 Å². The van der Waals surface area contributed by atoms with Crippen LogP contribution in [0.15, 0.2) is 50.5 Å². The van der Waals surface area contributed by atoms with E-state index in [-0.39, 0.29) is 17.2 Å². The van der Waals surface area contributed by atoms with Crippen LogP contribution in [-0.4, -0.2) is 16.8 Å². The van der Waals surface area contributed by atoms with Crippen LogP contribution in [-0.2, 0) is 5.54 Å². The van der Waals surface area contributed by atoms with Crippen molar-refractivity contribution in [3.63, 3.8) is 0 Å². The number of aliphatic imine (C=N–C) groups is 1. The lowest BCUT2D eigenvalue weighted by atomic mass is 9.89. The minimum Gasteiger partial charge on any atom is -0.459 e. The summed E-state index contributed by atoms with van der Waals surface area (Å²) in [6, 6.07) is 9.09. The first-order valence-electron chi connectivity index (χ1n) is 7.10.